The molecule has 0 spiro atoms. The monoisotopic (exact) mass is 451 g/mol. The number of nitrogen functional groups attached to an aromatic ring is 1. The van der Waals surface area contributed by atoms with Gasteiger partial charge in [-0.05, 0) is 25.1 Å². The highest BCUT2D eigenvalue weighted by molar-refractivity contribution is 5.56. The maximum absolute atomic E-state index is 14.2. The lowest BCUT2D eigenvalue weighted by Crippen LogP contribution is -2.30. The number of nitrogens with two attached hydrogens (primary N) is 1. The molecule has 0 aliphatic heterocycles. The highest BCUT2D eigenvalue weighted by Gasteiger charge is 2.24. The maximum Gasteiger partial charge on any atom is 0.283 e. The summed E-state index contributed by atoms with van der Waals surface area (Å²) in [5, 5.41) is 6.82. The standard InChI is InChI=1S/C19H14F5N7O/c1-8(28-17-13(22)16(25)26-7-27-17)18-29-30-3-2-12(15(23)24)14(30)19(32)31(18)11-5-9(20)4-10(21)6-11/h2-8,15H,1H3,(H3,25,26,27,28)/t8-/m0/s1. The van der Waals surface area contributed by atoms with Crippen molar-refractivity contribution in [3.05, 3.63) is 76.0 Å². The third kappa shape index (κ3) is 3.61. The van der Waals surface area contributed by atoms with E-state index in [4.69, 9.17) is 5.73 Å². The predicted octanol–water partition coefficient (Wildman–Crippen LogP) is 3.39. The van der Waals surface area contributed by atoms with Crippen LogP contribution >= 0.6 is 0 Å². The first kappa shape index (κ1) is 21.2. The Balaban J connectivity index is 1.96. The number of nitrogens with one attached hydrogen (secondary N) is 1. The van der Waals surface area contributed by atoms with Crippen LogP contribution in [0.25, 0.3) is 11.2 Å². The van der Waals surface area contributed by atoms with Crippen LogP contribution < -0.4 is 16.6 Å². The Morgan fingerprint density at radius 2 is 1.78 bits per heavy atom. The van der Waals surface area contributed by atoms with Crippen LogP contribution in [0.2, 0.25) is 0 Å². The van der Waals surface area contributed by atoms with Crippen molar-refractivity contribution in [1.29, 1.82) is 0 Å². The highest BCUT2D eigenvalue weighted by Crippen LogP contribution is 2.26. The summed E-state index contributed by atoms with van der Waals surface area (Å²) in [6.45, 7) is 1.45. The third-order valence-corrected chi connectivity index (χ3v) is 4.64. The molecule has 0 amide bonds. The zero-order chi connectivity index (χ0) is 23.2. The number of nitrogens with zero attached hydrogens (tertiary/aromatic N) is 5. The van der Waals surface area contributed by atoms with Crippen molar-refractivity contribution in [3.63, 3.8) is 0 Å². The summed E-state index contributed by atoms with van der Waals surface area (Å²) >= 11 is 0. The fourth-order valence-electron chi connectivity index (χ4n) is 3.23. The number of rotatable bonds is 5. The number of fused-ring (bicyclic) bond motifs is 1. The number of alkyl halides is 2. The SMILES string of the molecule is C[C@H](Nc1ncnc(N)c1F)c1nn2ccc(C(F)F)c2c(=O)n1-c1cc(F)cc(F)c1. The second-order valence-corrected chi connectivity index (χ2v) is 6.78. The molecule has 0 unspecified atom stereocenters. The van der Waals surface area contributed by atoms with E-state index >= 15 is 0 Å². The minimum absolute atomic E-state index is 0.166. The summed E-state index contributed by atoms with van der Waals surface area (Å²) in [7, 11) is 0. The summed E-state index contributed by atoms with van der Waals surface area (Å²) in [6.07, 6.45) is -0.847. The number of hydrogen-bond acceptors (Lipinski definition) is 6. The van der Waals surface area contributed by atoms with Crippen LogP contribution in [0.1, 0.15) is 30.8 Å². The van der Waals surface area contributed by atoms with Crippen LogP contribution in [0, 0.1) is 17.5 Å². The van der Waals surface area contributed by atoms with E-state index in [-0.39, 0.29) is 17.3 Å². The van der Waals surface area contributed by atoms with E-state index < -0.39 is 52.4 Å². The van der Waals surface area contributed by atoms with Gasteiger partial charge in [-0.1, -0.05) is 0 Å². The molecule has 1 aromatic carbocycles. The van der Waals surface area contributed by atoms with Crippen LogP contribution in [-0.2, 0) is 0 Å². The van der Waals surface area contributed by atoms with Crippen LogP contribution in [0.4, 0.5) is 33.6 Å². The molecule has 0 saturated carbocycles. The molecule has 4 aromatic rings. The van der Waals surface area contributed by atoms with Crippen molar-refractivity contribution in [2.24, 2.45) is 0 Å². The molecule has 0 aliphatic carbocycles. The zero-order valence-corrected chi connectivity index (χ0v) is 16.2. The Morgan fingerprint density at radius 3 is 2.44 bits per heavy atom. The van der Waals surface area contributed by atoms with E-state index in [1.807, 2.05) is 0 Å². The van der Waals surface area contributed by atoms with Crippen LogP contribution in [-0.4, -0.2) is 24.1 Å². The van der Waals surface area contributed by atoms with Gasteiger partial charge in [0, 0.05) is 12.3 Å². The molecule has 13 heteroatoms. The Hall–Kier alpha value is -4.03. The fraction of sp³-hybridized carbons (Fsp3) is 0.158. The lowest BCUT2D eigenvalue weighted by atomic mass is 10.2. The first-order chi connectivity index (χ1) is 15.2. The first-order valence-electron chi connectivity index (χ1n) is 9.08. The highest BCUT2D eigenvalue weighted by atomic mass is 19.3. The summed E-state index contributed by atoms with van der Waals surface area (Å²) < 4.78 is 70.5. The molecule has 32 heavy (non-hydrogen) atoms. The maximum atomic E-state index is 14.2. The minimum Gasteiger partial charge on any atom is -0.381 e. The van der Waals surface area contributed by atoms with Gasteiger partial charge in [-0.2, -0.15) is 9.49 Å². The molecule has 0 fully saturated rings. The molecule has 8 nitrogen and oxygen atoms in total. The van der Waals surface area contributed by atoms with E-state index in [0.717, 1.165) is 39.8 Å². The molecule has 0 aliphatic rings. The van der Waals surface area contributed by atoms with E-state index in [0.29, 0.717) is 6.07 Å². The molecule has 4 rings (SSSR count). The second kappa shape index (κ2) is 7.90. The molecular weight excluding hydrogens is 437 g/mol. The largest absolute Gasteiger partial charge is 0.381 e. The summed E-state index contributed by atoms with van der Waals surface area (Å²) in [5.74, 6) is -3.89. The van der Waals surface area contributed by atoms with Gasteiger partial charge in [-0.25, -0.2) is 32.0 Å². The number of aromatic nitrogens is 5. The summed E-state index contributed by atoms with van der Waals surface area (Å²) in [5.41, 5.74) is 3.05. The predicted molar refractivity (Wildman–Crippen MR) is 104 cm³/mol. The van der Waals surface area contributed by atoms with E-state index in [9.17, 15) is 26.7 Å². The molecule has 3 aromatic heterocycles. The molecule has 3 heterocycles. The first-order valence-corrected chi connectivity index (χ1v) is 9.08. The number of anilines is 2. The van der Waals surface area contributed by atoms with Gasteiger partial charge < -0.3 is 11.1 Å². The van der Waals surface area contributed by atoms with Crippen molar-refractivity contribution in [3.8, 4) is 5.69 Å². The summed E-state index contributed by atoms with van der Waals surface area (Å²) in [6, 6.07) is 2.28. The van der Waals surface area contributed by atoms with E-state index in [2.05, 4.69) is 20.4 Å². The topological polar surface area (TPSA) is 103 Å². The van der Waals surface area contributed by atoms with Gasteiger partial charge in [0.25, 0.3) is 12.0 Å². The lowest BCUT2D eigenvalue weighted by Gasteiger charge is -2.20. The van der Waals surface area contributed by atoms with Crippen molar-refractivity contribution in [1.82, 2.24) is 24.1 Å². The van der Waals surface area contributed by atoms with Gasteiger partial charge in [-0.3, -0.25) is 9.36 Å². The Kier molecular flexibility index (Phi) is 5.24. The van der Waals surface area contributed by atoms with Gasteiger partial charge in [0.1, 0.15) is 23.5 Å². The van der Waals surface area contributed by atoms with Crippen molar-refractivity contribution < 1.29 is 22.0 Å². The molecule has 0 saturated heterocycles. The summed E-state index contributed by atoms with van der Waals surface area (Å²) in [4.78, 5) is 20.4. The molecule has 0 bridgehead atoms. The van der Waals surface area contributed by atoms with E-state index in [1.165, 1.54) is 6.92 Å². The minimum atomic E-state index is -2.99. The normalized spacial score (nSPS) is 12.5. The van der Waals surface area contributed by atoms with Crippen LogP contribution in [0.5, 0.6) is 0 Å². The van der Waals surface area contributed by atoms with Gasteiger partial charge >= 0.3 is 0 Å². The van der Waals surface area contributed by atoms with Crippen LogP contribution in [0.15, 0.2) is 41.6 Å². The molecule has 0 radical (unpaired) electrons. The van der Waals surface area contributed by atoms with Gasteiger partial charge in [0.2, 0.25) is 5.82 Å². The Bertz CT molecular complexity index is 1360. The molecule has 1 atom stereocenters. The average Bonchev–Trinajstić information content (AvgIpc) is 3.15. The second-order valence-electron chi connectivity index (χ2n) is 6.78. The molecule has 166 valence electrons. The number of hydrogen-bond donors (Lipinski definition) is 2. The van der Waals surface area contributed by atoms with Gasteiger partial charge in [0.15, 0.2) is 17.5 Å². The lowest BCUT2D eigenvalue weighted by molar-refractivity contribution is 0.153. The van der Waals surface area contributed by atoms with Gasteiger partial charge in [0.05, 0.1) is 17.3 Å². The van der Waals surface area contributed by atoms with E-state index in [1.54, 1.807) is 0 Å². The quantitative estimate of drug-likeness (QED) is 0.451. The smallest absolute Gasteiger partial charge is 0.283 e. The van der Waals surface area contributed by atoms with Crippen molar-refractivity contribution >= 4 is 17.2 Å². The molecular formula is C19H14F5N7O. The van der Waals surface area contributed by atoms with Crippen molar-refractivity contribution in [2.45, 2.75) is 19.4 Å². The zero-order valence-electron chi connectivity index (χ0n) is 16.2. The third-order valence-electron chi connectivity index (χ3n) is 4.64. The van der Waals surface area contributed by atoms with Crippen molar-refractivity contribution in [2.75, 3.05) is 11.1 Å². The van der Waals surface area contributed by atoms with Gasteiger partial charge in [-0.15, -0.1) is 0 Å². The average molecular weight is 451 g/mol. The Labute approximate surface area is 176 Å². The molecule has 3 N–H and O–H groups in total. The number of halogens is 5. The Morgan fingerprint density at radius 1 is 1.09 bits per heavy atom. The number of benzene rings is 1. The van der Waals surface area contributed by atoms with Crippen LogP contribution in [0.3, 0.4) is 0 Å². The fourth-order valence-corrected chi connectivity index (χ4v) is 3.23.